The Labute approximate surface area is 119 Å². The van der Waals surface area contributed by atoms with Crippen LogP contribution in [0.2, 0.25) is 0 Å². The number of nitrogens with one attached hydrogen (secondary N) is 1. The van der Waals surface area contributed by atoms with Crippen molar-refractivity contribution in [3.05, 3.63) is 23.7 Å². The van der Waals surface area contributed by atoms with Gasteiger partial charge in [0, 0.05) is 18.7 Å². The fourth-order valence-corrected chi connectivity index (χ4v) is 2.69. The molecule has 1 N–H and O–H groups in total. The van der Waals surface area contributed by atoms with Gasteiger partial charge in [-0.3, -0.25) is 0 Å². The van der Waals surface area contributed by atoms with Crippen LogP contribution >= 0.6 is 0 Å². The minimum atomic E-state index is -2.94. The highest BCUT2D eigenvalue weighted by Gasteiger charge is 2.25. The van der Waals surface area contributed by atoms with E-state index in [1.807, 2.05) is 12.1 Å². The number of hydrogen-bond acceptors (Lipinski definition) is 5. The van der Waals surface area contributed by atoms with Crippen molar-refractivity contribution in [2.45, 2.75) is 25.0 Å². The van der Waals surface area contributed by atoms with Gasteiger partial charge < -0.3 is 14.5 Å². The van der Waals surface area contributed by atoms with Crippen LogP contribution in [0, 0.1) is 0 Å². The molecule has 0 aromatic carbocycles. The van der Waals surface area contributed by atoms with Crippen molar-refractivity contribution < 1.29 is 22.7 Å². The van der Waals surface area contributed by atoms with Gasteiger partial charge in [0.25, 0.3) is 0 Å². The van der Waals surface area contributed by atoms with Gasteiger partial charge in [-0.15, -0.1) is 0 Å². The average Bonchev–Trinajstić information content (AvgIpc) is 2.82. The second-order valence-electron chi connectivity index (χ2n) is 5.20. The molecule has 20 heavy (non-hydrogen) atoms. The van der Waals surface area contributed by atoms with E-state index in [1.54, 1.807) is 0 Å². The summed E-state index contributed by atoms with van der Waals surface area (Å²) in [5, 5.41) is 14.4. The zero-order valence-corrected chi connectivity index (χ0v) is 12.3. The molecule has 2 rings (SSSR count). The van der Waals surface area contributed by atoms with Crippen molar-refractivity contribution in [1.82, 2.24) is 5.32 Å². The predicted octanol–water partition coefficient (Wildman–Crippen LogP) is 0.717. The molecular weight excluding hydrogens is 282 g/mol. The SMILES string of the molecule is CS(=O)(=O)CCNCc1ccc(C2COCC([O])C2)o1. The zero-order chi connectivity index (χ0) is 14.6. The first-order valence-electron chi connectivity index (χ1n) is 6.64. The van der Waals surface area contributed by atoms with Gasteiger partial charge >= 0.3 is 0 Å². The van der Waals surface area contributed by atoms with E-state index < -0.39 is 15.9 Å². The lowest BCUT2D eigenvalue weighted by molar-refractivity contribution is -0.0534. The molecule has 1 aliphatic heterocycles. The Bertz CT molecular complexity index is 525. The third-order valence-corrected chi connectivity index (χ3v) is 4.15. The first-order chi connectivity index (χ1) is 9.44. The van der Waals surface area contributed by atoms with Crippen LogP contribution in [-0.4, -0.2) is 46.3 Å². The Hall–Kier alpha value is -0.890. The first-order valence-corrected chi connectivity index (χ1v) is 8.71. The zero-order valence-electron chi connectivity index (χ0n) is 11.5. The predicted molar refractivity (Wildman–Crippen MR) is 72.8 cm³/mol. The van der Waals surface area contributed by atoms with Gasteiger partial charge in [0.1, 0.15) is 27.5 Å². The van der Waals surface area contributed by atoms with Crippen LogP contribution in [0.5, 0.6) is 0 Å². The first kappa shape index (κ1) is 15.5. The lowest BCUT2D eigenvalue weighted by atomic mass is 9.98. The van der Waals surface area contributed by atoms with Crippen molar-refractivity contribution in [3.8, 4) is 0 Å². The Kier molecular flexibility index (Phi) is 5.20. The molecule has 2 atom stereocenters. The Morgan fingerprint density at radius 3 is 2.85 bits per heavy atom. The number of rotatable bonds is 6. The fraction of sp³-hybridized carbons (Fsp3) is 0.692. The highest BCUT2D eigenvalue weighted by Crippen LogP contribution is 2.27. The van der Waals surface area contributed by atoms with Gasteiger partial charge in [0.2, 0.25) is 0 Å². The second-order valence-corrected chi connectivity index (χ2v) is 7.46. The summed E-state index contributed by atoms with van der Waals surface area (Å²) in [6.45, 7) is 1.66. The monoisotopic (exact) mass is 302 g/mol. The largest absolute Gasteiger partial charge is 0.464 e. The van der Waals surface area contributed by atoms with E-state index in [4.69, 9.17) is 9.15 Å². The van der Waals surface area contributed by atoms with E-state index in [2.05, 4.69) is 5.32 Å². The van der Waals surface area contributed by atoms with Crippen molar-refractivity contribution in [1.29, 1.82) is 0 Å². The van der Waals surface area contributed by atoms with Crippen molar-refractivity contribution in [2.24, 2.45) is 0 Å². The standard InChI is InChI=1S/C13H20NO5S/c1-20(16,17)5-4-14-7-12-2-3-13(19-12)10-6-11(15)9-18-8-10/h2-3,10-11,14H,4-9H2,1H3. The van der Waals surface area contributed by atoms with Crippen LogP contribution in [0.3, 0.4) is 0 Å². The Balaban J connectivity index is 1.80. The molecular formula is C13H20NO5S. The van der Waals surface area contributed by atoms with Crippen molar-refractivity contribution >= 4 is 9.84 Å². The third-order valence-electron chi connectivity index (χ3n) is 3.20. The van der Waals surface area contributed by atoms with Crippen molar-refractivity contribution in [2.75, 3.05) is 31.8 Å². The molecule has 2 unspecified atom stereocenters. The van der Waals surface area contributed by atoms with E-state index in [-0.39, 0.29) is 18.3 Å². The van der Waals surface area contributed by atoms with E-state index in [0.717, 1.165) is 11.5 Å². The quantitative estimate of drug-likeness (QED) is 0.782. The van der Waals surface area contributed by atoms with E-state index in [1.165, 1.54) is 6.26 Å². The minimum Gasteiger partial charge on any atom is -0.464 e. The summed E-state index contributed by atoms with van der Waals surface area (Å²) in [7, 11) is -2.94. The van der Waals surface area contributed by atoms with Crippen LogP contribution in [0.25, 0.3) is 0 Å². The van der Waals surface area contributed by atoms with Gasteiger partial charge in [0.05, 0.1) is 25.5 Å². The van der Waals surface area contributed by atoms with E-state index in [9.17, 15) is 13.5 Å². The van der Waals surface area contributed by atoms with Gasteiger partial charge in [-0.1, -0.05) is 0 Å². The summed E-state index contributed by atoms with van der Waals surface area (Å²) >= 11 is 0. The molecule has 0 saturated carbocycles. The highest BCUT2D eigenvalue weighted by atomic mass is 32.2. The van der Waals surface area contributed by atoms with E-state index in [0.29, 0.717) is 26.1 Å². The molecule has 1 aromatic rings. The molecule has 6 nitrogen and oxygen atoms in total. The summed E-state index contributed by atoms with van der Waals surface area (Å²) in [6, 6.07) is 3.71. The normalized spacial score (nSPS) is 23.9. The average molecular weight is 302 g/mol. The molecule has 1 fully saturated rings. The molecule has 1 aromatic heterocycles. The molecule has 0 spiro atoms. The van der Waals surface area contributed by atoms with Crippen LogP contribution in [0.15, 0.2) is 16.5 Å². The van der Waals surface area contributed by atoms with Crippen LogP contribution in [0.1, 0.15) is 23.9 Å². The summed E-state index contributed by atoms with van der Waals surface area (Å²) in [5.74, 6) is 1.64. The molecule has 2 heterocycles. The van der Waals surface area contributed by atoms with Crippen molar-refractivity contribution in [3.63, 3.8) is 0 Å². The number of sulfone groups is 1. The van der Waals surface area contributed by atoms with Gasteiger partial charge in [-0.05, 0) is 18.6 Å². The molecule has 113 valence electrons. The van der Waals surface area contributed by atoms with Crippen LogP contribution < -0.4 is 5.32 Å². The summed E-state index contributed by atoms with van der Waals surface area (Å²) in [6.07, 6.45) is 1.06. The molecule has 1 radical (unpaired) electrons. The van der Waals surface area contributed by atoms with Gasteiger partial charge in [-0.2, -0.15) is 0 Å². The minimum absolute atomic E-state index is 0.0241. The molecule has 0 amide bonds. The van der Waals surface area contributed by atoms with Gasteiger partial charge in [0.15, 0.2) is 0 Å². The molecule has 7 heteroatoms. The molecule has 0 bridgehead atoms. The summed E-state index contributed by atoms with van der Waals surface area (Å²) < 4.78 is 32.9. The Morgan fingerprint density at radius 1 is 1.35 bits per heavy atom. The highest BCUT2D eigenvalue weighted by molar-refractivity contribution is 7.90. The lowest BCUT2D eigenvalue weighted by Gasteiger charge is -2.23. The molecule has 0 aliphatic carbocycles. The Morgan fingerprint density at radius 2 is 2.15 bits per heavy atom. The van der Waals surface area contributed by atoms with E-state index >= 15 is 0 Å². The molecule has 1 saturated heterocycles. The maximum Gasteiger partial charge on any atom is 0.148 e. The van der Waals surface area contributed by atoms with Crippen LogP contribution in [0.4, 0.5) is 0 Å². The fourth-order valence-electron chi connectivity index (χ4n) is 2.17. The summed E-state index contributed by atoms with van der Waals surface area (Å²) in [5.41, 5.74) is 0. The van der Waals surface area contributed by atoms with Crippen LogP contribution in [-0.2, 0) is 26.2 Å². The number of furan rings is 1. The maximum absolute atomic E-state index is 11.4. The topological polar surface area (TPSA) is 88.4 Å². The lowest BCUT2D eigenvalue weighted by Crippen LogP contribution is -2.26. The van der Waals surface area contributed by atoms with Gasteiger partial charge in [-0.25, -0.2) is 13.5 Å². The second kappa shape index (κ2) is 6.71. The molecule has 1 aliphatic rings. The maximum atomic E-state index is 11.4. The third kappa shape index (κ3) is 4.90. The smallest absolute Gasteiger partial charge is 0.148 e. The summed E-state index contributed by atoms with van der Waals surface area (Å²) in [4.78, 5) is 0. The number of ether oxygens (including phenoxy) is 1. The number of hydrogen-bond donors (Lipinski definition) is 1.